The minimum absolute atomic E-state index is 0.135. The Morgan fingerprint density at radius 3 is 2.28 bits per heavy atom. The monoisotopic (exact) mass is 414 g/mol. The molecule has 4 heteroatoms. The molecule has 1 atom stereocenters. The van der Waals surface area contributed by atoms with E-state index < -0.39 is 5.60 Å². The van der Waals surface area contributed by atoms with Crippen molar-refractivity contribution in [3.05, 3.63) is 62.3 Å². The fourth-order valence-electron chi connectivity index (χ4n) is 3.71. The number of carbonyl (C=O) groups is 1. The minimum Gasteiger partial charge on any atom is -0.465 e. The first-order valence-electron chi connectivity index (χ1n) is 10.4. The van der Waals surface area contributed by atoms with Crippen molar-refractivity contribution in [2.45, 2.75) is 71.8 Å². The molecule has 0 bridgehead atoms. The number of methoxy groups -OCH3 is 1. The van der Waals surface area contributed by atoms with Gasteiger partial charge in [-0.2, -0.15) is 0 Å². The molecule has 1 aromatic carbocycles. The number of aryl methyl sites for hydroxylation is 2. The number of hydrogen-bond acceptors (Lipinski definition) is 4. The molecule has 0 saturated carbocycles. The van der Waals surface area contributed by atoms with Gasteiger partial charge < -0.3 is 9.84 Å². The fraction of sp³-hybridized carbons (Fsp3) is 0.480. The largest absolute Gasteiger partial charge is 0.465 e. The SMILES string of the molecule is CCC(C)(O)/C=C/c1ccc(C(CC)(CC)c2cc(C)c(C(=O)OC)s2)cc1C. The van der Waals surface area contributed by atoms with E-state index in [1.807, 2.05) is 32.9 Å². The second-order valence-corrected chi connectivity index (χ2v) is 9.07. The van der Waals surface area contributed by atoms with Gasteiger partial charge in [-0.1, -0.05) is 51.1 Å². The zero-order valence-corrected chi connectivity index (χ0v) is 19.6. The third-order valence-electron chi connectivity index (χ3n) is 6.13. The van der Waals surface area contributed by atoms with Gasteiger partial charge in [0, 0.05) is 10.3 Å². The second-order valence-electron chi connectivity index (χ2n) is 8.02. The summed E-state index contributed by atoms with van der Waals surface area (Å²) >= 11 is 1.55. The number of ether oxygens (including phenoxy) is 1. The van der Waals surface area contributed by atoms with Crippen LogP contribution in [-0.4, -0.2) is 23.8 Å². The number of aliphatic hydroxyl groups is 1. The van der Waals surface area contributed by atoms with Gasteiger partial charge >= 0.3 is 5.97 Å². The molecule has 0 saturated heterocycles. The van der Waals surface area contributed by atoms with Crippen molar-refractivity contribution in [3.8, 4) is 0 Å². The molecule has 0 spiro atoms. The Bertz CT molecular complexity index is 885. The summed E-state index contributed by atoms with van der Waals surface area (Å²) < 4.78 is 4.96. The normalized spacial score (nSPS) is 14.2. The molecular weight excluding hydrogens is 380 g/mol. The first-order valence-corrected chi connectivity index (χ1v) is 11.2. The molecule has 3 nitrogen and oxygen atoms in total. The van der Waals surface area contributed by atoms with Crippen LogP contribution in [0.3, 0.4) is 0 Å². The third-order valence-corrected chi connectivity index (χ3v) is 7.55. The topological polar surface area (TPSA) is 46.5 Å². The molecule has 0 fully saturated rings. The van der Waals surface area contributed by atoms with Crippen LogP contribution in [0.15, 0.2) is 30.3 Å². The summed E-state index contributed by atoms with van der Waals surface area (Å²) in [6, 6.07) is 8.72. The van der Waals surface area contributed by atoms with Crippen molar-refractivity contribution < 1.29 is 14.6 Å². The van der Waals surface area contributed by atoms with Crippen LogP contribution in [-0.2, 0) is 10.2 Å². The first kappa shape index (κ1) is 23.4. The van der Waals surface area contributed by atoms with E-state index in [0.717, 1.165) is 24.0 Å². The molecule has 1 N–H and O–H groups in total. The van der Waals surface area contributed by atoms with Gasteiger partial charge in [-0.25, -0.2) is 4.79 Å². The third kappa shape index (κ3) is 4.81. The number of esters is 1. The predicted molar refractivity (Wildman–Crippen MR) is 123 cm³/mol. The van der Waals surface area contributed by atoms with Crippen LogP contribution in [0.1, 0.15) is 83.8 Å². The van der Waals surface area contributed by atoms with E-state index in [-0.39, 0.29) is 11.4 Å². The minimum atomic E-state index is -0.791. The highest BCUT2D eigenvalue weighted by atomic mass is 32.1. The van der Waals surface area contributed by atoms with Crippen LogP contribution in [0.25, 0.3) is 6.08 Å². The van der Waals surface area contributed by atoms with Crippen LogP contribution < -0.4 is 0 Å². The molecule has 2 rings (SSSR count). The van der Waals surface area contributed by atoms with Crippen molar-refractivity contribution >= 4 is 23.4 Å². The summed E-state index contributed by atoms with van der Waals surface area (Å²) in [5.74, 6) is -0.264. The van der Waals surface area contributed by atoms with E-state index in [2.05, 4.69) is 45.0 Å². The van der Waals surface area contributed by atoms with Gasteiger partial charge in [0.2, 0.25) is 0 Å². The Balaban J connectivity index is 2.51. The standard InChI is InChI=1S/C25H34O3S/c1-8-24(6,27)14-13-19-11-12-20(15-17(19)4)25(9-2,10-3)21-16-18(5)22(29-21)23(26)28-7/h11-16,27H,8-10H2,1-7H3/b14-13+. The van der Waals surface area contributed by atoms with Crippen LogP contribution in [0.5, 0.6) is 0 Å². The molecular formula is C25H34O3S. The maximum absolute atomic E-state index is 12.1. The van der Waals surface area contributed by atoms with Crippen LogP contribution >= 0.6 is 11.3 Å². The average molecular weight is 415 g/mol. The number of benzene rings is 1. The smallest absolute Gasteiger partial charge is 0.348 e. The average Bonchev–Trinajstić information content (AvgIpc) is 3.10. The molecule has 1 unspecified atom stereocenters. The summed E-state index contributed by atoms with van der Waals surface area (Å²) in [5, 5.41) is 10.3. The van der Waals surface area contributed by atoms with Gasteiger partial charge in [-0.05, 0) is 68.4 Å². The fourth-order valence-corrected chi connectivity index (χ4v) is 5.15. The van der Waals surface area contributed by atoms with E-state index in [1.165, 1.54) is 23.1 Å². The van der Waals surface area contributed by atoms with E-state index in [9.17, 15) is 9.90 Å². The van der Waals surface area contributed by atoms with Gasteiger partial charge in [-0.15, -0.1) is 11.3 Å². The molecule has 0 radical (unpaired) electrons. The molecule has 0 aliphatic heterocycles. The number of thiophene rings is 1. The van der Waals surface area contributed by atoms with Crippen LogP contribution in [0.4, 0.5) is 0 Å². The molecule has 0 aliphatic carbocycles. The Morgan fingerprint density at radius 1 is 1.10 bits per heavy atom. The molecule has 29 heavy (non-hydrogen) atoms. The summed E-state index contributed by atoms with van der Waals surface area (Å²) in [7, 11) is 1.43. The van der Waals surface area contributed by atoms with E-state index in [1.54, 1.807) is 11.3 Å². The summed E-state index contributed by atoms with van der Waals surface area (Å²) in [5.41, 5.74) is 3.60. The molecule has 1 aromatic heterocycles. The number of carbonyl (C=O) groups excluding carboxylic acids is 1. The maximum atomic E-state index is 12.1. The molecule has 1 heterocycles. The summed E-state index contributed by atoms with van der Waals surface area (Å²) in [6.07, 6.45) is 6.45. The summed E-state index contributed by atoms with van der Waals surface area (Å²) in [6.45, 7) is 12.3. The van der Waals surface area contributed by atoms with Crippen molar-refractivity contribution in [1.82, 2.24) is 0 Å². The molecule has 0 amide bonds. The quantitative estimate of drug-likeness (QED) is 0.506. The van der Waals surface area contributed by atoms with Crippen molar-refractivity contribution in [2.24, 2.45) is 0 Å². The highest BCUT2D eigenvalue weighted by Crippen LogP contribution is 2.44. The van der Waals surface area contributed by atoms with Crippen molar-refractivity contribution in [2.75, 3.05) is 7.11 Å². The molecule has 0 aliphatic rings. The van der Waals surface area contributed by atoms with Gasteiger partial charge in [-0.3, -0.25) is 0 Å². The maximum Gasteiger partial charge on any atom is 0.348 e. The van der Waals surface area contributed by atoms with Crippen LogP contribution in [0, 0.1) is 13.8 Å². The van der Waals surface area contributed by atoms with Gasteiger partial charge in [0.05, 0.1) is 12.7 Å². The lowest BCUT2D eigenvalue weighted by molar-refractivity contribution is 0.0605. The van der Waals surface area contributed by atoms with E-state index in [4.69, 9.17) is 4.74 Å². The lowest BCUT2D eigenvalue weighted by Gasteiger charge is -2.32. The zero-order chi connectivity index (χ0) is 21.8. The van der Waals surface area contributed by atoms with Crippen molar-refractivity contribution in [3.63, 3.8) is 0 Å². The Morgan fingerprint density at radius 2 is 1.76 bits per heavy atom. The molecule has 158 valence electrons. The summed E-state index contributed by atoms with van der Waals surface area (Å²) in [4.78, 5) is 14.0. The lowest BCUT2D eigenvalue weighted by Crippen LogP contribution is -2.25. The zero-order valence-electron chi connectivity index (χ0n) is 18.8. The van der Waals surface area contributed by atoms with Crippen LogP contribution in [0.2, 0.25) is 0 Å². The number of hydrogen-bond donors (Lipinski definition) is 1. The lowest BCUT2D eigenvalue weighted by atomic mass is 9.74. The molecule has 2 aromatic rings. The Hall–Kier alpha value is -1.91. The highest BCUT2D eigenvalue weighted by Gasteiger charge is 2.34. The van der Waals surface area contributed by atoms with Gasteiger partial charge in [0.25, 0.3) is 0 Å². The highest BCUT2D eigenvalue weighted by molar-refractivity contribution is 7.14. The van der Waals surface area contributed by atoms with E-state index >= 15 is 0 Å². The Labute approximate surface area is 179 Å². The predicted octanol–water partition coefficient (Wildman–Crippen LogP) is 6.43. The van der Waals surface area contributed by atoms with Gasteiger partial charge in [0.1, 0.15) is 4.88 Å². The number of rotatable bonds is 8. The second kappa shape index (κ2) is 9.27. The van der Waals surface area contributed by atoms with Gasteiger partial charge in [0.15, 0.2) is 0 Å². The Kier molecular flexibility index (Phi) is 7.47. The first-order chi connectivity index (χ1) is 13.6. The van der Waals surface area contributed by atoms with E-state index in [0.29, 0.717) is 11.3 Å². The van der Waals surface area contributed by atoms with Crippen molar-refractivity contribution in [1.29, 1.82) is 0 Å².